The summed E-state index contributed by atoms with van der Waals surface area (Å²) in [5, 5.41) is 0. The van der Waals surface area contributed by atoms with Crippen LogP contribution in [-0.4, -0.2) is 19.6 Å². The normalized spacial score (nSPS) is 10.7. The Hall–Kier alpha value is -3.34. The third-order valence-electron chi connectivity index (χ3n) is 5.53. The number of carbonyl (C=O) groups excluding carboxylic acids is 1. The fraction of sp³-hybridized carbons (Fsp3) is 0.333. The molecule has 2 N–H and O–H groups in total. The van der Waals surface area contributed by atoms with E-state index in [9.17, 15) is 4.79 Å². The molecule has 0 unspecified atom stereocenters. The summed E-state index contributed by atoms with van der Waals surface area (Å²) >= 11 is 0. The summed E-state index contributed by atoms with van der Waals surface area (Å²) in [6.07, 6.45) is 10.9. The van der Waals surface area contributed by atoms with Crippen LogP contribution in [-0.2, 0) is 6.54 Å². The number of ether oxygens (including phenoxy) is 2. The van der Waals surface area contributed by atoms with Crippen LogP contribution in [0.2, 0.25) is 0 Å². The Morgan fingerprint density at radius 1 is 0.750 bits per heavy atom. The van der Waals surface area contributed by atoms with Crippen LogP contribution in [0, 0.1) is 0 Å². The molecule has 3 aromatic rings. The Kier molecular flexibility index (Phi) is 9.11. The number of hydrogen-bond donors (Lipinski definition) is 1. The van der Waals surface area contributed by atoms with E-state index in [0.29, 0.717) is 5.56 Å². The number of primary amides is 1. The van der Waals surface area contributed by atoms with Gasteiger partial charge in [0.2, 0.25) is 5.91 Å². The van der Waals surface area contributed by atoms with E-state index in [2.05, 4.69) is 28.8 Å². The summed E-state index contributed by atoms with van der Waals surface area (Å²) in [5.41, 5.74) is 8.15. The SMILES string of the molecule is COc1ccc(-c2ccc(OCCCCCCCC[n+]3ccc(C(N)=O)cc3)cc2)cc1. The largest absolute Gasteiger partial charge is 0.497 e. The lowest BCUT2D eigenvalue weighted by Crippen LogP contribution is -2.33. The van der Waals surface area contributed by atoms with Crippen molar-refractivity contribution in [2.45, 2.75) is 45.1 Å². The average Bonchev–Trinajstić information content (AvgIpc) is 2.84. The van der Waals surface area contributed by atoms with Gasteiger partial charge in [-0.3, -0.25) is 4.79 Å². The van der Waals surface area contributed by atoms with Gasteiger partial charge < -0.3 is 15.2 Å². The number of benzene rings is 2. The number of methoxy groups -OCH3 is 1. The van der Waals surface area contributed by atoms with Crippen LogP contribution >= 0.6 is 0 Å². The fourth-order valence-electron chi connectivity index (χ4n) is 3.59. The summed E-state index contributed by atoms with van der Waals surface area (Å²) in [4.78, 5) is 11.1. The van der Waals surface area contributed by atoms with Gasteiger partial charge in [-0.2, -0.15) is 0 Å². The molecule has 1 amide bonds. The van der Waals surface area contributed by atoms with Gasteiger partial charge in [0.25, 0.3) is 0 Å². The molecule has 1 heterocycles. The van der Waals surface area contributed by atoms with Crippen LogP contribution in [0.3, 0.4) is 0 Å². The molecular weight excluding hydrogens is 400 g/mol. The van der Waals surface area contributed by atoms with Crippen LogP contribution in [0.4, 0.5) is 0 Å². The Morgan fingerprint density at radius 3 is 1.84 bits per heavy atom. The molecule has 0 fully saturated rings. The second-order valence-electron chi connectivity index (χ2n) is 7.91. The van der Waals surface area contributed by atoms with Gasteiger partial charge in [-0.05, 0) is 48.2 Å². The van der Waals surface area contributed by atoms with Crippen molar-refractivity contribution in [2.75, 3.05) is 13.7 Å². The maximum atomic E-state index is 11.1. The maximum Gasteiger partial charge on any atom is 0.249 e. The number of nitrogens with zero attached hydrogens (tertiary/aromatic N) is 1. The number of pyridine rings is 1. The number of nitrogens with two attached hydrogens (primary N) is 1. The summed E-state index contributed by atoms with van der Waals surface area (Å²) in [6.45, 7) is 1.72. The zero-order chi connectivity index (χ0) is 22.6. The molecule has 3 rings (SSSR count). The molecule has 0 aliphatic rings. The number of aromatic nitrogens is 1. The highest BCUT2D eigenvalue weighted by atomic mass is 16.5. The molecule has 32 heavy (non-hydrogen) atoms. The Bertz CT molecular complexity index is 952. The van der Waals surface area contributed by atoms with E-state index in [4.69, 9.17) is 15.2 Å². The summed E-state index contributed by atoms with van der Waals surface area (Å²) in [7, 11) is 1.68. The van der Waals surface area contributed by atoms with Crippen LogP contribution < -0.4 is 19.8 Å². The minimum absolute atomic E-state index is 0.383. The second kappa shape index (κ2) is 12.5. The lowest BCUT2D eigenvalue weighted by molar-refractivity contribution is -0.697. The number of amides is 1. The molecule has 0 atom stereocenters. The smallest absolute Gasteiger partial charge is 0.249 e. The molecule has 5 nitrogen and oxygen atoms in total. The van der Waals surface area contributed by atoms with Crippen LogP contribution in [0.1, 0.15) is 48.9 Å². The lowest BCUT2D eigenvalue weighted by Gasteiger charge is -2.08. The standard InChI is InChI=1S/C27H32N2O3/c1-31-25-12-8-22(9-13-25)23-10-14-26(15-11-23)32-21-7-5-3-2-4-6-18-29-19-16-24(17-20-29)27(28)30/h8-17,19-20H,2-7,18,21H2,1H3,(H-,28,30)/p+1. The molecule has 0 spiro atoms. The van der Waals surface area contributed by atoms with Crippen molar-refractivity contribution in [2.24, 2.45) is 5.73 Å². The Balaban J connectivity index is 1.24. The number of aryl methyl sites for hydroxylation is 1. The topological polar surface area (TPSA) is 65.4 Å². The highest BCUT2D eigenvalue weighted by Crippen LogP contribution is 2.24. The first-order valence-corrected chi connectivity index (χ1v) is 11.3. The second-order valence-corrected chi connectivity index (χ2v) is 7.91. The summed E-state index contributed by atoms with van der Waals surface area (Å²) in [5.74, 6) is 1.40. The van der Waals surface area contributed by atoms with Gasteiger partial charge >= 0.3 is 0 Å². The number of hydrogen-bond acceptors (Lipinski definition) is 3. The van der Waals surface area contributed by atoms with E-state index in [0.717, 1.165) is 37.5 Å². The monoisotopic (exact) mass is 433 g/mol. The maximum absolute atomic E-state index is 11.1. The van der Waals surface area contributed by atoms with Gasteiger partial charge in [-0.1, -0.05) is 43.5 Å². The van der Waals surface area contributed by atoms with E-state index in [1.54, 1.807) is 19.2 Å². The van der Waals surface area contributed by atoms with Crippen LogP contribution in [0.25, 0.3) is 11.1 Å². The highest BCUT2D eigenvalue weighted by molar-refractivity contribution is 5.92. The van der Waals surface area contributed by atoms with Crippen molar-refractivity contribution in [1.29, 1.82) is 0 Å². The van der Waals surface area contributed by atoms with E-state index in [1.807, 2.05) is 36.7 Å². The molecule has 0 radical (unpaired) electrons. The van der Waals surface area contributed by atoms with Crippen LogP contribution in [0.5, 0.6) is 11.5 Å². The molecular formula is C27H33N2O3+. The molecule has 0 aliphatic heterocycles. The van der Waals surface area contributed by atoms with Crippen molar-refractivity contribution in [1.82, 2.24) is 0 Å². The van der Waals surface area contributed by atoms with Gasteiger partial charge in [-0.25, -0.2) is 4.57 Å². The first-order chi connectivity index (χ1) is 15.7. The molecule has 0 saturated heterocycles. The molecule has 5 heteroatoms. The molecule has 168 valence electrons. The first kappa shape index (κ1) is 23.3. The number of carbonyl (C=O) groups is 1. The first-order valence-electron chi connectivity index (χ1n) is 11.3. The van der Waals surface area contributed by atoms with E-state index < -0.39 is 0 Å². The van der Waals surface area contributed by atoms with Gasteiger partial charge in [0.05, 0.1) is 19.3 Å². The third kappa shape index (κ3) is 7.41. The minimum Gasteiger partial charge on any atom is -0.497 e. The zero-order valence-electron chi connectivity index (χ0n) is 18.8. The Labute approximate surface area is 190 Å². The molecule has 0 saturated carbocycles. The van der Waals surface area contributed by atoms with Gasteiger partial charge in [0.15, 0.2) is 12.4 Å². The van der Waals surface area contributed by atoms with Gasteiger partial charge in [-0.15, -0.1) is 0 Å². The summed E-state index contributed by atoms with van der Waals surface area (Å²) < 4.78 is 13.2. The minimum atomic E-state index is -0.383. The van der Waals surface area contributed by atoms with Crippen molar-refractivity contribution in [3.05, 3.63) is 78.6 Å². The number of unbranched alkanes of at least 4 members (excludes halogenated alkanes) is 5. The van der Waals surface area contributed by atoms with Crippen molar-refractivity contribution in [3.8, 4) is 22.6 Å². The predicted molar refractivity (Wildman–Crippen MR) is 127 cm³/mol. The van der Waals surface area contributed by atoms with E-state index >= 15 is 0 Å². The van der Waals surface area contributed by atoms with Crippen molar-refractivity contribution >= 4 is 5.91 Å². The predicted octanol–water partition coefficient (Wildman–Crippen LogP) is 5.17. The van der Waals surface area contributed by atoms with E-state index in [1.165, 1.54) is 36.8 Å². The highest BCUT2D eigenvalue weighted by Gasteiger charge is 2.04. The summed E-state index contributed by atoms with van der Waals surface area (Å²) in [6, 6.07) is 19.9. The van der Waals surface area contributed by atoms with E-state index in [-0.39, 0.29) is 5.91 Å². The Morgan fingerprint density at radius 2 is 1.28 bits per heavy atom. The van der Waals surface area contributed by atoms with Crippen molar-refractivity contribution in [3.63, 3.8) is 0 Å². The van der Waals surface area contributed by atoms with Crippen molar-refractivity contribution < 1.29 is 18.8 Å². The molecule has 1 aromatic heterocycles. The third-order valence-corrected chi connectivity index (χ3v) is 5.53. The van der Waals surface area contributed by atoms with Gasteiger partial charge in [0, 0.05) is 18.6 Å². The van der Waals surface area contributed by atoms with Crippen LogP contribution in [0.15, 0.2) is 73.1 Å². The zero-order valence-corrected chi connectivity index (χ0v) is 18.8. The van der Waals surface area contributed by atoms with Gasteiger partial charge in [0.1, 0.15) is 18.0 Å². The molecule has 2 aromatic carbocycles. The fourth-order valence-corrected chi connectivity index (χ4v) is 3.59. The number of rotatable bonds is 13. The molecule has 0 bridgehead atoms. The lowest BCUT2D eigenvalue weighted by atomic mass is 10.1. The molecule has 0 aliphatic carbocycles. The quantitative estimate of drug-likeness (QED) is 0.299. The average molecular weight is 434 g/mol.